The highest BCUT2D eigenvalue weighted by atomic mass is 35.5. The number of aryl methyl sites for hydroxylation is 1. The molecular formula is C19H22Cl2N4O. The van der Waals surface area contributed by atoms with Gasteiger partial charge in [0.05, 0.1) is 16.6 Å². The molecule has 2 aromatic rings. The molecule has 2 heterocycles. The number of nitrogens with one attached hydrogen (secondary N) is 1. The first kappa shape index (κ1) is 19.0. The van der Waals surface area contributed by atoms with Crippen LogP contribution in [0.3, 0.4) is 0 Å². The van der Waals surface area contributed by atoms with Gasteiger partial charge in [-0.3, -0.25) is 9.69 Å². The number of rotatable bonds is 5. The second kappa shape index (κ2) is 8.71. The average molecular weight is 393 g/mol. The van der Waals surface area contributed by atoms with E-state index in [9.17, 15) is 4.79 Å². The Morgan fingerprint density at radius 1 is 1.19 bits per heavy atom. The van der Waals surface area contributed by atoms with Crippen LogP contribution < -0.4 is 10.2 Å². The molecule has 1 aromatic heterocycles. The summed E-state index contributed by atoms with van der Waals surface area (Å²) in [5.41, 5.74) is 2.34. The first-order valence-corrected chi connectivity index (χ1v) is 9.38. The van der Waals surface area contributed by atoms with Crippen molar-refractivity contribution in [2.75, 3.05) is 37.6 Å². The van der Waals surface area contributed by atoms with E-state index in [1.165, 1.54) is 5.56 Å². The number of amides is 1. The molecule has 0 spiro atoms. The van der Waals surface area contributed by atoms with E-state index in [0.717, 1.165) is 37.6 Å². The van der Waals surface area contributed by atoms with Gasteiger partial charge in [-0.05, 0) is 24.1 Å². The number of pyridine rings is 1. The Kier molecular flexibility index (Phi) is 6.35. The predicted molar refractivity (Wildman–Crippen MR) is 106 cm³/mol. The third-order valence-electron chi connectivity index (χ3n) is 4.56. The van der Waals surface area contributed by atoms with Gasteiger partial charge in [-0.1, -0.05) is 47.5 Å². The molecule has 0 bridgehead atoms. The fourth-order valence-corrected chi connectivity index (χ4v) is 3.52. The van der Waals surface area contributed by atoms with Gasteiger partial charge in [0.1, 0.15) is 5.82 Å². The fourth-order valence-electron chi connectivity index (χ4n) is 3.02. The summed E-state index contributed by atoms with van der Waals surface area (Å²) in [7, 11) is 0. The highest BCUT2D eigenvalue weighted by Gasteiger charge is 2.21. The number of benzene rings is 1. The molecule has 1 fully saturated rings. The van der Waals surface area contributed by atoms with Crippen LogP contribution in [0.2, 0.25) is 10.0 Å². The summed E-state index contributed by atoms with van der Waals surface area (Å²) in [5.74, 6) is 0.795. The van der Waals surface area contributed by atoms with Crippen molar-refractivity contribution in [3.63, 3.8) is 0 Å². The molecule has 3 rings (SSSR count). The fraction of sp³-hybridized carbons (Fsp3) is 0.368. The molecule has 1 aliphatic heterocycles. The summed E-state index contributed by atoms with van der Waals surface area (Å²) in [5, 5.41) is 4.09. The quantitative estimate of drug-likeness (QED) is 0.848. The Balaban J connectivity index is 1.46. The van der Waals surface area contributed by atoms with E-state index in [1.807, 2.05) is 18.2 Å². The van der Waals surface area contributed by atoms with Crippen LogP contribution in [0.4, 0.5) is 5.82 Å². The van der Waals surface area contributed by atoms with Crippen molar-refractivity contribution in [3.05, 3.63) is 57.7 Å². The SMILES string of the molecule is Cc1ccccc1CNC(=O)CN1CCN(c2ncc(Cl)cc2Cl)CC1. The summed E-state index contributed by atoms with van der Waals surface area (Å²) in [6.45, 7) is 6.16. The van der Waals surface area contributed by atoms with E-state index in [1.54, 1.807) is 12.3 Å². The second-order valence-electron chi connectivity index (χ2n) is 6.43. The monoisotopic (exact) mass is 392 g/mol. The Labute approximate surface area is 163 Å². The number of piperazine rings is 1. The Bertz CT molecular complexity index is 776. The maximum Gasteiger partial charge on any atom is 0.234 e. The summed E-state index contributed by atoms with van der Waals surface area (Å²) in [6, 6.07) is 9.79. The lowest BCUT2D eigenvalue weighted by molar-refractivity contribution is -0.122. The van der Waals surface area contributed by atoms with E-state index >= 15 is 0 Å². The Hall–Kier alpha value is -1.82. The van der Waals surface area contributed by atoms with Crippen LogP contribution in [-0.4, -0.2) is 48.5 Å². The van der Waals surface area contributed by atoms with Crippen molar-refractivity contribution < 1.29 is 4.79 Å². The van der Waals surface area contributed by atoms with Gasteiger partial charge in [0.15, 0.2) is 0 Å². The topological polar surface area (TPSA) is 48.5 Å². The Morgan fingerprint density at radius 3 is 2.62 bits per heavy atom. The van der Waals surface area contributed by atoms with E-state index in [2.05, 4.69) is 33.1 Å². The molecule has 1 saturated heterocycles. The molecule has 26 heavy (non-hydrogen) atoms. The van der Waals surface area contributed by atoms with Gasteiger partial charge in [-0.2, -0.15) is 0 Å². The number of nitrogens with zero attached hydrogens (tertiary/aromatic N) is 3. The van der Waals surface area contributed by atoms with Crippen molar-refractivity contribution >= 4 is 34.9 Å². The molecular weight excluding hydrogens is 371 g/mol. The van der Waals surface area contributed by atoms with Crippen molar-refractivity contribution in [1.82, 2.24) is 15.2 Å². The molecule has 1 aromatic carbocycles. The smallest absolute Gasteiger partial charge is 0.234 e. The van der Waals surface area contributed by atoms with Gasteiger partial charge in [-0.15, -0.1) is 0 Å². The van der Waals surface area contributed by atoms with Crippen LogP contribution >= 0.6 is 23.2 Å². The molecule has 1 amide bonds. The lowest BCUT2D eigenvalue weighted by Gasteiger charge is -2.35. The van der Waals surface area contributed by atoms with Crippen LogP contribution in [0.25, 0.3) is 0 Å². The number of hydrogen-bond acceptors (Lipinski definition) is 4. The van der Waals surface area contributed by atoms with Crippen LogP contribution in [-0.2, 0) is 11.3 Å². The van der Waals surface area contributed by atoms with Crippen LogP contribution in [0.1, 0.15) is 11.1 Å². The maximum absolute atomic E-state index is 12.2. The zero-order chi connectivity index (χ0) is 18.5. The number of halogens is 2. The summed E-state index contributed by atoms with van der Waals surface area (Å²) in [6.07, 6.45) is 1.61. The van der Waals surface area contributed by atoms with Crippen molar-refractivity contribution in [3.8, 4) is 0 Å². The molecule has 0 radical (unpaired) electrons. The number of anilines is 1. The molecule has 5 nitrogen and oxygen atoms in total. The number of hydrogen-bond donors (Lipinski definition) is 1. The minimum Gasteiger partial charge on any atom is -0.353 e. The van der Waals surface area contributed by atoms with Gasteiger partial charge >= 0.3 is 0 Å². The molecule has 0 saturated carbocycles. The van der Waals surface area contributed by atoms with Gasteiger partial charge < -0.3 is 10.2 Å². The van der Waals surface area contributed by atoms with Crippen molar-refractivity contribution in [2.45, 2.75) is 13.5 Å². The van der Waals surface area contributed by atoms with Gasteiger partial charge in [0.25, 0.3) is 0 Å². The van der Waals surface area contributed by atoms with Gasteiger partial charge in [0.2, 0.25) is 5.91 Å². The first-order valence-electron chi connectivity index (χ1n) is 8.62. The standard InChI is InChI=1S/C19H22Cl2N4O/c1-14-4-2-3-5-15(14)11-22-18(26)13-24-6-8-25(9-7-24)19-17(21)10-16(20)12-23-19/h2-5,10,12H,6-9,11,13H2,1H3,(H,22,26). The average Bonchev–Trinajstić information content (AvgIpc) is 2.62. The largest absolute Gasteiger partial charge is 0.353 e. The third-order valence-corrected chi connectivity index (χ3v) is 5.05. The zero-order valence-corrected chi connectivity index (χ0v) is 16.2. The lowest BCUT2D eigenvalue weighted by atomic mass is 10.1. The zero-order valence-electron chi connectivity index (χ0n) is 14.7. The van der Waals surface area contributed by atoms with Crippen LogP contribution in [0.15, 0.2) is 36.5 Å². The van der Waals surface area contributed by atoms with Gasteiger partial charge in [0, 0.05) is 38.9 Å². The minimum absolute atomic E-state index is 0.0457. The van der Waals surface area contributed by atoms with Crippen LogP contribution in [0, 0.1) is 6.92 Å². The maximum atomic E-state index is 12.2. The molecule has 0 atom stereocenters. The summed E-state index contributed by atoms with van der Waals surface area (Å²) < 4.78 is 0. The Morgan fingerprint density at radius 2 is 1.92 bits per heavy atom. The molecule has 0 unspecified atom stereocenters. The van der Waals surface area contributed by atoms with Crippen molar-refractivity contribution in [2.24, 2.45) is 0 Å². The minimum atomic E-state index is 0.0457. The molecule has 1 N–H and O–H groups in total. The molecule has 138 valence electrons. The highest BCUT2D eigenvalue weighted by Crippen LogP contribution is 2.26. The van der Waals surface area contributed by atoms with Gasteiger partial charge in [-0.25, -0.2) is 4.98 Å². The molecule has 7 heteroatoms. The first-order chi connectivity index (χ1) is 12.5. The van der Waals surface area contributed by atoms with E-state index < -0.39 is 0 Å². The summed E-state index contributed by atoms with van der Waals surface area (Å²) in [4.78, 5) is 20.8. The summed E-state index contributed by atoms with van der Waals surface area (Å²) >= 11 is 12.1. The highest BCUT2D eigenvalue weighted by molar-refractivity contribution is 6.36. The molecule has 1 aliphatic rings. The number of carbonyl (C=O) groups excluding carboxylic acids is 1. The van der Waals surface area contributed by atoms with Crippen LogP contribution in [0.5, 0.6) is 0 Å². The lowest BCUT2D eigenvalue weighted by Crippen LogP contribution is -2.49. The number of aromatic nitrogens is 1. The second-order valence-corrected chi connectivity index (χ2v) is 7.27. The van der Waals surface area contributed by atoms with E-state index in [-0.39, 0.29) is 5.91 Å². The number of carbonyl (C=O) groups is 1. The normalized spacial score (nSPS) is 15.1. The predicted octanol–water partition coefficient (Wildman–Crippen LogP) is 3.14. The molecule has 0 aliphatic carbocycles. The van der Waals surface area contributed by atoms with Crippen molar-refractivity contribution in [1.29, 1.82) is 0 Å². The third kappa shape index (κ3) is 4.87. The van der Waals surface area contributed by atoms with E-state index in [0.29, 0.717) is 23.1 Å². The van der Waals surface area contributed by atoms with E-state index in [4.69, 9.17) is 23.2 Å².